The van der Waals surface area contributed by atoms with Crippen molar-refractivity contribution in [1.82, 2.24) is 9.97 Å². The zero-order chi connectivity index (χ0) is 15.0. The molecule has 0 aliphatic carbocycles. The molecule has 0 N–H and O–H groups in total. The molecular weight excluding hydrogens is 348 g/mol. The van der Waals surface area contributed by atoms with Crippen molar-refractivity contribution in [3.63, 3.8) is 0 Å². The monoisotopic (exact) mass is 360 g/mol. The Hall–Kier alpha value is -1.45. The average Bonchev–Trinajstić information content (AvgIpc) is 2.48. The minimum atomic E-state index is 0.476. The predicted molar refractivity (Wildman–Crippen MR) is 91.8 cm³/mol. The lowest BCUT2D eigenvalue weighted by Gasteiger charge is -2.08. The second kappa shape index (κ2) is 5.74. The van der Waals surface area contributed by atoms with E-state index in [0.717, 1.165) is 20.9 Å². The van der Waals surface area contributed by atoms with Crippen LogP contribution in [0.3, 0.4) is 0 Å². The third-order valence-electron chi connectivity index (χ3n) is 3.45. The van der Waals surface area contributed by atoms with Crippen LogP contribution in [0, 0.1) is 0 Å². The standard InChI is InChI=1S/C17H14BrClN2/c1-10(2)11-3-5-12(6-4-11)17-20-15-8-7-13(18)9-14(15)16(19)21-17/h3-10H,1-2H3. The Kier molecular flexibility index (Phi) is 3.96. The van der Waals surface area contributed by atoms with Crippen LogP contribution in [0.4, 0.5) is 0 Å². The van der Waals surface area contributed by atoms with Crippen LogP contribution in [-0.4, -0.2) is 9.97 Å². The Bertz CT molecular complexity index is 798. The van der Waals surface area contributed by atoms with Gasteiger partial charge in [0.2, 0.25) is 0 Å². The number of hydrogen-bond donors (Lipinski definition) is 0. The van der Waals surface area contributed by atoms with Gasteiger partial charge in [0.1, 0.15) is 5.15 Å². The van der Waals surface area contributed by atoms with Crippen LogP contribution in [0.2, 0.25) is 5.15 Å². The van der Waals surface area contributed by atoms with Crippen molar-refractivity contribution in [2.45, 2.75) is 19.8 Å². The maximum absolute atomic E-state index is 6.29. The Morgan fingerprint density at radius 3 is 2.38 bits per heavy atom. The summed E-state index contributed by atoms with van der Waals surface area (Å²) in [6, 6.07) is 14.2. The number of rotatable bonds is 2. The molecule has 0 saturated heterocycles. The van der Waals surface area contributed by atoms with Gasteiger partial charge in [-0.1, -0.05) is 65.6 Å². The highest BCUT2D eigenvalue weighted by molar-refractivity contribution is 9.10. The van der Waals surface area contributed by atoms with Crippen molar-refractivity contribution in [1.29, 1.82) is 0 Å². The van der Waals surface area contributed by atoms with Crippen molar-refractivity contribution in [2.75, 3.05) is 0 Å². The third-order valence-corrected chi connectivity index (χ3v) is 4.23. The molecule has 2 aromatic carbocycles. The SMILES string of the molecule is CC(C)c1ccc(-c2nc(Cl)c3cc(Br)ccc3n2)cc1. The van der Waals surface area contributed by atoms with Crippen LogP contribution in [0.1, 0.15) is 25.3 Å². The third kappa shape index (κ3) is 2.94. The fraction of sp³-hybridized carbons (Fsp3) is 0.176. The number of nitrogens with zero attached hydrogens (tertiary/aromatic N) is 2. The lowest BCUT2D eigenvalue weighted by molar-refractivity contribution is 0.867. The van der Waals surface area contributed by atoms with Crippen molar-refractivity contribution in [2.24, 2.45) is 0 Å². The van der Waals surface area contributed by atoms with Crippen LogP contribution in [0.25, 0.3) is 22.3 Å². The molecule has 1 aromatic heterocycles. The number of fused-ring (bicyclic) bond motifs is 1. The first-order valence-electron chi connectivity index (χ1n) is 6.78. The molecule has 0 bridgehead atoms. The Balaban J connectivity index is 2.10. The molecule has 0 spiro atoms. The van der Waals surface area contributed by atoms with E-state index < -0.39 is 0 Å². The van der Waals surface area contributed by atoms with E-state index in [9.17, 15) is 0 Å². The van der Waals surface area contributed by atoms with Crippen LogP contribution in [0.15, 0.2) is 46.9 Å². The first-order chi connectivity index (χ1) is 10.0. The first-order valence-corrected chi connectivity index (χ1v) is 7.95. The topological polar surface area (TPSA) is 25.8 Å². The van der Waals surface area contributed by atoms with Crippen LogP contribution in [0.5, 0.6) is 0 Å². The summed E-state index contributed by atoms with van der Waals surface area (Å²) in [7, 11) is 0. The molecule has 0 unspecified atom stereocenters. The van der Waals surface area contributed by atoms with E-state index in [1.807, 2.05) is 30.3 Å². The molecule has 21 heavy (non-hydrogen) atoms. The van der Waals surface area contributed by atoms with E-state index in [4.69, 9.17) is 11.6 Å². The van der Waals surface area contributed by atoms with Crippen molar-refractivity contribution in [3.05, 3.63) is 57.7 Å². The molecule has 3 rings (SSSR count). The highest BCUT2D eigenvalue weighted by Gasteiger charge is 2.09. The Morgan fingerprint density at radius 2 is 1.71 bits per heavy atom. The molecular formula is C17H14BrClN2. The van der Waals surface area contributed by atoms with Gasteiger partial charge in [-0.3, -0.25) is 0 Å². The lowest BCUT2D eigenvalue weighted by Crippen LogP contribution is -1.93. The molecule has 0 fully saturated rings. The average molecular weight is 362 g/mol. The second-order valence-electron chi connectivity index (χ2n) is 5.28. The van der Waals surface area contributed by atoms with E-state index in [-0.39, 0.29) is 0 Å². The van der Waals surface area contributed by atoms with Gasteiger partial charge in [-0.15, -0.1) is 0 Å². The maximum Gasteiger partial charge on any atom is 0.161 e. The van der Waals surface area contributed by atoms with E-state index >= 15 is 0 Å². The Labute approximate surface area is 137 Å². The van der Waals surface area contributed by atoms with Gasteiger partial charge in [0, 0.05) is 15.4 Å². The quantitative estimate of drug-likeness (QED) is 0.536. The highest BCUT2D eigenvalue weighted by atomic mass is 79.9. The van der Waals surface area contributed by atoms with E-state index in [2.05, 4.69) is 51.9 Å². The molecule has 4 heteroatoms. The first kappa shape index (κ1) is 14.5. The van der Waals surface area contributed by atoms with Crippen LogP contribution in [-0.2, 0) is 0 Å². The van der Waals surface area contributed by atoms with Gasteiger partial charge in [-0.05, 0) is 29.7 Å². The minimum Gasteiger partial charge on any atom is -0.228 e. The van der Waals surface area contributed by atoms with Gasteiger partial charge < -0.3 is 0 Å². The Morgan fingerprint density at radius 1 is 1.00 bits per heavy atom. The molecule has 0 aliphatic heterocycles. The minimum absolute atomic E-state index is 0.476. The number of benzene rings is 2. The molecule has 1 heterocycles. The van der Waals surface area contributed by atoms with Crippen molar-refractivity contribution >= 4 is 38.4 Å². The summed E-state index contributed by atoms with van der Waals surface area (Å²) in [4.78, 5) is 9.03. The summed E-state index contributed by atoms with van der Waals surface area (Å²) in [5, 5.41) is 1.33. The summed E-state index contributed by atoms with van der Waals surface area (Å²) in [6.45, 7) is 4.35. The molecule has 0 amide bonds. The van der Waals surface area contributed by atoms with Crippen LogP contribution >= 0.6 is 27.5 Å². The van der Waals surface area contributed by atoms with Gasteiger partial charge >= 0.3 is 0 Å². The highest BCUT2D eigenvalue weighted by Crippen LogP contribution is 2.27. The van der Waals surface area contributed by atoms with Gasteiger partial charge in [0.05, 0.1) is 5.52 Å². The molecule has 0 radical (unpaired) electrons. The molecule has 0 aliphatic rings. The summed E-state index contributed by atoms with van der Waals surface area (Å²) in [5.41, 5.74) is 3.13. The van der Waals surface area contributed by atoms with Gasteiger partial charge in [0.15, 0.2) is 5.82 Å². The summed E-state index contributed by atoms with van der Waals surface area (Å²) in [5.74, 6) is 1.17. The summed E-state index contributed by atoms with van der Waals surface area (Å²) in [6.07, 6.45) is 0. The number of aromatic nitrogens is 2. The maximum atomic E-state index is 6.29. The molecule has 0 atom stereocenters. The molecule has 106 valence electrons. The number of hydrogen-bond acceptors (Lipinski definition) is 2. The largest absolute Gasteiger partial charge is 0.228 e. The van der Waals surface area contributed by atoms with E-state index in [1.54, 1.807) is 0 Å². The van der Waals surface area contributed by atoms with Gasteiger partial charge in [-0.25, -0.2) is 9.97 Å². The molecule has 0 saturated carbocycles. The van der Waals surface area contributed by atoms with Gasteiger partial charge in [-0.2, -0.15) is 0 Å². The smallest absolute Gasteiger partial charge is 0.161 e. The molecule has 3 aromatic rings. The molecule has 2 nitrogen and oxygen atoms in total. The zero-order valence-electron chi connectivity index (χ0n) is 11.8. The number of halogens is 2. The van der Waals surface area contributed by atoms with E-state index in [1.165, 1.54) is 5.56 Å². The lowest BCUT2D eigenvalue weighted by atomic mass is 10.0. The zero-order valence-corrected chi connectivity index (χ0v) is 14.1. The second-order valence-corrected chi connectivity index (χ2v) is 6.55. The fourth-order valence-electron chi connectivity index (χ4n) is 2.21. The summed E-state index contributed by atoms with van der Waals surface area (Å²) >= 11 is 9.73. The van der Waals surface area contributed by atoms with Crippen molar-refractivity contribution < 1.29 is 0 Å². The summed E-state index contributed by atoms with van der Waals surface area (Å²) < 4.78 is 0.967. The van der Waals surface area contributed by atoms with Crippen molar-refractivity contribution in [3.8, 4) is 11.4 Å². The predicted octanol–water partition coefficient (Wildman–Crippen LogP) is 5.84. The van der Waals surface area contributed by atoms with E-state index in [0.29, 0.717) is 16.9 Å². The van der Waals surface area contributed by atoms with Gasteiger partial charge in [0.25, 0.3) is 0 Å². The van der Waals surface area contributed by atoms with Crippen LogP contribution < -0.4 is 0 Å². The fourth-order valence-corrected chi connectivity index (χ4v) is 2.80. The normalized spacial score (nSPS) is 11.3.